The van der Waals surface area contributed by atoms with Crippen LogP contribution >= 0.6 is 0 Å². The Morgan fingerprint density at radius 2 is 1.85 bits per heavy atom. The van der Waals surface area contributed by atoms with Gasteiger partial charge in [-0.05, 0) is 55.1 Å². The van der Waals surface area contributed by atoms with E-state index in [9.17, 15) is 4.39 Å². The summed E-state index contributed by atoms with van der Waals surface area (Å²) < 4.78 is 13.2. The topological polar surface area (TPSA) is 12.0 Å². The zero-order chi connectivity index (χ0) is 14.4. The molecule has 106 valence electrons. The lowest BCUT2D eigenvalue weighted by Gasteiger charge is -2.20. The number of nitrogens with one attached hydrogen (secondary N) is 1. The SMILES string of the molecule is CCNC(CCc1ccccc1)c1ccc(F)cc1C. The van der Waals surface area contributed by atoms with Gasteiger partial charge in [-0.25, -0.2) is 4.39 Å². The third-order valence-corrected chi connectivity index (χ3v) is 3.62. The van der Waals surface area contributed by atoms with Crippen LogP contribution in [0.5, 0.6) is 0 Å². The smallest absolute Gasteiger partial charge is 0.123 e. The average molecular weight is 271 g/mol. The zero-order valence-electron chi connectivity index (χ0n) is 12.2. The Labute approximate surface area is 120 Å². The van der Waals surface area contributed by atoms with Gasteiger partial charge in [-0.3, -0.25) is 0 Å². The average Bonchev–Trinajstić information content (AvgIpc) is 2.45. The Kier molecular flexibility index (Phi) is 5.31. The Morgan fingerprint density at radius 1 is 1.10 bits per heavy atom. The van der Waals surface area contributed by atoms with Crippen molar-refractivity contribution in [1.82, 2.24) is 5.32 Å². The number of hydrogen-bond acceptors (Lipinski definition) is 1. The first kappa shape index (κ1) is 14.7. The summed E-state index contributed by atoms with van der Waals surface area (Å²) in [6.45, 7) is 5.00. The van der Waals surface area contributed by atoms with E-state index in [0.29, 0.717) is 0 Å². The van der Waals surface area contributed by atoms with E-state index in [4.69, 9.17) is 0 Å². The molecule has 0 bridgehead atoms. The van der Waals surface area contributed by atoms with Gasteiger partial charge in [0.2, 0.25) is 0 Å². The Bertz CT molecular complexity index is 536. The highest BCUT2D eigenvalue weighted by molar-refractivity contribution is 5.30. The molecule has 1 unspecified atom stereocenters. The molecule has 0 heterocycles. The highest BCUT2D eigenvalue weighted by Crippen LogP contribution is 2.23. The first-order valence-corrected chi connectivity index (χ1v) is 7.24. The Balaban J connectivity index is 2.10. The molecule has 20 heavy (non-hydrogen) atoms. The van der Waals surface area contributed by atoms with Crippen molar-refractivity contribution in [3.05, 3.63) is 71.0 Å². The van der Waals surface area contributed by atoms with Crippen molar-refractivity contribution in [1.29, 1.82) is 0 Å². The molecule has 0 aliphatic carbocycles. The molecule has 2 aromatic carbocycles. The van der Waals surface area contributed by atoms with Crippen LogP contribution in [0.15, 0.2) is 48.5 Å². The molecule has 0 saturated heterocycles. The molecule has 2 heteroatoms. The second-order valence-corrected chi connectivity index (χ2v) is 5.14. The summed E-state index contributed by atoms with van der Waals surface area (Å²) in [7, 11) is 0. The lowest BCUT2D eigenvalue weighted by atomic mass is 9.95. The Hall–Kier alpha value is -1.67. The molecular formula is C18H22FN. The number of benzene rings is 2. The van der Waals surface area contributed by atoms with Crippen LogP contribution in [0.1, 0.15) is 36.1 Å². The lowest BCUT2D eigenvalue weighted by Crippen LogP contribution is -2.22. The van der Waals surface area contributed by atoms with Crippen LogP contribution in [0.3, 0.4) is 0 Å². The van der Waals surface area contributed by atoms with Crippen LogP contribution in [-0.4, -0.2) is 6.54 Å². The number of aryl methyl sites for hydroxylation is 2. The van der Waals surface area contributed by atoms with Gasteiger partial charge in [0.05, 0.1) is 0 Å². The van der Waals surface area contributed by atoms with Crippen LogP contribution in [0, 0.1) is 12.7 Å². The summed E-state index contributed by atoms with van der Waals surface area (Å²) in [5, 5.41) is 3.51. The van der Waals surface area contributed by atoms with E-state index >= 15 is 0 Å². The lowest BCUT2D eigenvalue weighted by molar-refractivity contribution is 0.511. The van der Waals surface area contributed by atoms with Gasteiger partial charge in [0.1, 0.15) is 5.82 Å². The first-order valence-electron chi connectivity index (χ1n) is 7.24. The van der Waals surface area contributed by atoms with Crippen molar-refractivity contribution in [2.45, 2.75) is 32.7 Å². The molecule has 1 N–H and O–H groups in total. The normalized spacial score (nSPS) is 12.3. The summed E-state index contributed by atoms with van der Waals surface area (Å²) in [5.41, 5.74) is 3.56. The molecule has 0 fully saturated rings. The van der Waals surface area contributed by atoms with Crippen molar-refractivity contribution in [3.8, 4) is 0 Å². The highest BCUT2D eigenvalue weighted by Gasteiger charge is 2.13. The van der Waals surface area contributed by atoms with E-state index in [1.165, 1.54) is 11.1 Å². The van der Waals surface area contributed by atoms with E-state index in [0.717, 1.165) is 24.9 Å². The second kappa shape index (κ2) is 7.20. The molecule has 0 aliphatic heterocycles. The number of halogens is 1. The standard InChI is InChI=1S/C18H22FN/c1-3-20-18(12-9-15-7-5-4-6-8-15)17-11-10-16(19)13-14(17)2/h4-8,10-11,13,18,20H,3,9,12H2,1-2H3. The van der Waals surface area contributed by atoms with Crippen LogP contribution in [0.2, 0.25) is 0 Å². The second-order valence-electron chi connectivity index (χ2n) is 5.14. The number of hydrogen-bond donors (Lipinski definition) is 1. The van der Waals surface area contributed by atoms with Gasteiger partial charge in [0.25, 0.3) is 0 Å². The monoisotopic (exact) mass is 271 g/mol. The van der Waals surface area contributed by atoms with Gasteiger partial charge in [-0.1, -0.05) is 43.3 Å². The molecule has 0 radical (unpaired) electrons. The summed E-state index contributed by atoms with van der Waals surface area (Å²) in [6, 6.07) is 15.8. The minimum absolute atomic E-state index is 0.162. The maximum Gasteiger partial charge on any atom is 0.123 e. The van der Waals surface area contributed by atoms with E-state index in [-0.39, 0.29) is 11.9 Å². The first-order chi connectivity index (χ1) is 9.70. The van der Waals surface area contributed by atoms with Gasteiger partial charge in [0.15, 0.2) is 0 Å². The minimum Gasteiger partial charge on any atom is -0.310 e. The number of rotatable bonds is 6. The summed E-state index contributed by atoms with van der Waals surface area (Å²) in [6.07, 6.45) is 2.04. The summed E-state index contributed by atoms with van der Waals surface area (Å²) >= 11 is 0. The predicted octanol–water partition coefficient (Wildman–Crippen LogP) is 4.42. The fourth-order valence-corrected chi connectivity index (χ4v) is 2.60. The van der Waals surface area contributed by atoms with Gasteiger partial charge < -0.3 is 5.32 Å². The molecule has 1 atom stereocenters. The van der Waals surface area contributed by atoms with Gasteiger partial charge in [0, 0.05) is 6.04 Å². The molecule has 0 amide bonds. The quantitative estimate of drug-likeness (QED) is 0.820. The van der Waals surface area contributed by atoms with Crippen molar-refractivity contribution >= 4 is 0 Å². The van der Waals surface area contributed by atoms with E-state index in [2.05, 4.69) is 36.5 Å². The zero-order valence-corrected chi connectivity index (χ0v) is 12.2. The largest absolute Gasteiger partial charge is 0.310 e. The minimum atomic E-state index is -0.162. The summed E-state index contributed by atoms with van der Waals surface area (Å²) in [5.74, 6) is -0.162. The maximum absolute atomic E-state index is 13.2. The van der Waals surface area contributed by atoms with Crippen molar-refractivity contribution in [3.63, 3.8) is 0 Å². The summed E-state index contributed by atoms with van der Waals surface area (Å²) in [4.78, 5) is 0. The van der Waals surface area contributed by atoms with E-state index < -0.39 is 0 Å². The predicted molar refractivity (Wildman–Crippen MR) is 82.3 cm³/mol. The fraction of sp³-hybridized carbons (Fsp3) is 0.333. The van der Waals surface area contributed by atoms with Gasteiger partial charge >= 0.3 is 0 Å². The van der Waals surface area contributed by atoms with Crippen molar-refractivity contribution < 1.29 is 4.39 Å². The van der Waals surface area contributed by atoms with Crippen LogP contribution in [0.25, 0.3) is 0 Å². The van der Waals surface area contributed by atoms with Gasteiger partial charge in [-0.15, -0.1) is 0 Å². The third kappa shape index (κ3) is 3.91. The molecule has 0 aliphatic rings. The molecule has 0 spiro atoms. The Morgan fingerprint density at radius 3 is 2.50 bits per heavy atom. The van der Waals surface area contributed by atoms with Crippen molar-refractivity contribution in [2.24, 2.45) is 0 Å². The van der Waals surface area contributed by atoms with Gasteiger partial charge in [-0.2, -0.15) is 0 Å². The molecule has 2 aromatic rings. The molecule has 0 aromatic heterocycles. The van der Waals surface area contributed by atoms with Crippen LogP contribution in [-0.2, 0) is 6.42 Å². The van der Waals surface area contributed by atoms with Crippen LogP contribution < -0.4 is 5.32 Å². The molecule has 1 nitrogen and oxygen atoms in total. The van der Waals surface area contributed by atoms with Crippen molar-refractivity contribution in [2.75, 3.05) is 6.54 Å². The molecule has 0 saturated carbocycles. The maximum atomic E-state index is 13.2. The molecular weight excluding hydrogens is 249 g/mol. The highest BCUT2D eigenvalue weighted by atomic mass is 19.1. The fourth-order valence-electron chi connectivity index (χ4n) is 2.60. The van der Waals surface area contributed by atoms with E-state index in [1.807, 2.05) is 19.1 Å². The molecule has 2 rings (SSSR count). The van der Waals surface area contributed by atoms with Crippen LogP contribution in [0.4, 0.5) is 4.39 Å². The third-order valence-electron chi connectivity index (χ3n) is 3.62. The van der Waals surface area contributed by atoms with E-state index in [1.54, 1.807) is 12.1 Å².